The standard InChI is InChI=1S/C22H30FN3O2/c1-28-12-4-11-25-14-17(21-19(23)6-2-7-20(21)25)15-26(18-8-9-18)22(27)16-5-3-10-24-13-16/h2,6-7,14,16,18,24H,3-5,8-13,15H2,1H3/t16-/m1/s1. The minimum Gasteiger partial charge on any atom is -0.385 e. The van der Waals surface area contributed by atoms with Gasteiger partial charge in [-0.1, -0.05) is 6.07 Å². The Balaban J connectivity index is 1.60. The van der Waals surface area contributed by atoms with E-state index in [-0.39, 0.29) is 17.6 Å². The van der Waals surface area contributed by atoms with Gasteiger partial charge in [0.1, 0.15) is 5.82 Å². The summed E-state index contributed by atoms with van der Waals surface area (Å²) in [7, 11) is 1.69. The molecule has 4 rings (SSSR count). The Hall–Kier alpha value is -1.92. The van der Waals surface area contributed by atoms with Crippen molar-refractivity contribution in [1.29, 1.82) is 0 Å². The first-order chi connectivity index (χ1) is 13.7. The van der Waals surface area contributed by atoms with Gasteiger partial charge in [-0.2, -0.15) is 0 Å². The minimum absolute atomic E-state index is 0.0502. The largest absolute Gasteiger partial charge is 0.385 e. The van der Waals surface area contributed by atoms with E-state index in [4.69, 9.17) is 4.74 Å². The molecule has 2 aromatic rings. The second-order valence-electron chi connectivity index (χ2n) is 8.07. The van der Waals surface area contributed by atoms with Gasteiger partial charge in [-0.25, -0.2) is 4.39 Å². The van der Waals surface area contributed by atoms with E-state index in [1.165, 1.54) is 6.07 Å². The Morgan fingerprint density at radius 2 is 2.21 bits per heavy atom. The van der Waals surface area contributed by atoms with Crippen LogP contribution in [0.4, 0.5) is 4.39 Å². The fraction of sp³-hybridized carbons (Fsp3) is 0.591. The summed E-state index contributed by atoms with van der Waals surface area (Å²) in [4.78, 5) is 15.2. The first-order valence-corrected chi connectivity index (χ1v) is 10.5. The maximum Gasteiger partial charge on any atom is 0.227 e. The second-order valence-corrected chi connectivity index (χ2v) is 8.07. The van der Waals surface area contributed by atoms with E-state index in [9.17, 15) is 9.18 Å². The lowest BCUT2D eigenvalue weighted by Crippen LogP contribution is -2.43. The number of nitrogens with one attached hydrogen (secondary N) is 1. The molecule has 1 aromatic carbocycles. The molecule has 1 aliphatic heterocycles. The fourth-order valence-electron chi connectivity index (χ4n) is 4.33. The van der Waals surface area contributed by atoms with Crippen LogP contribution in [0.2, 0.25) is 0 Å². The van der Waals surface area contributed by atoms with Crippen molar-refractivity contribution in [2.75, 3.05) is 26.8 Å². The maximum absolute atomic E-state index is 14.7. The third-order valence-electron chi connectivity index (χ3n) is 5.94. The van der Waals surface area contributed by atoms with Gasteiger partial charge >= 0.3 is 0 Å². The van der Waals surface area contributed by atoms with Crippen molar-refractivity contribution in [2.45, 2.75) is 51.2 Å². The van der Waals surface area contributed by atoms with Crippen LogP contribution < -0.4 is 5.32 Å². The normalized spacial score (nSPS) is 19.9. The summed E-state index contributed by atoms with van der Waals surface area (Å²) in [5.41, 5.74) is 1.81. The number of benzene rings is 1. The number of aryl methyl sites for hydroxylation is 1. The Kier molecular flexibility index (Phi) is 5.97. The average molecular weight is 387 g/mol. The number of carbonyl (C=O) groups excluding carboxylic acids is 1. The molecule has 5 nitrogen and oxygen atoms in total. The van der Waals surface area contributed by atoms with E-state index >= 15 is 0 Å². The van der Waals surface area contributed by atoms with Crippen LogP contribution in [0.1, 0.15) is 37.7 Å². The zero-order valence-electron chi connectivity index (χ0n) is 16.6. The number of rotatable bonds is 8. The molecule has 0 bridgehead atoms. The third-order valence-corrected chi connectivity index (χ3v) is 5.94. The fourth-order valence-corrected chi connectivity index (χ4v) is 4.33. The average Bonchev–Trinajstić information content (AvgIpc) is 3.50. The van der Waals surface area contributed by atoms with E-state index in [1.54, 1.807) is 13.2 Å². The molecule has 2 heterocycles. The summed E-state index contributed by atoms with van der Waals surface area (Å²) in [5, 5.41) is 3.99. The monoisotopic (exact) mass is 387 g/mol. The van der Waals surface area contributed by atoms with E-state index in [0.717, 1.165) is 62.8 Å². The molecule has 1 aliphatic carbocycles. The number of piperidine rings is 1. The van der Waals surface area contributed by atoms with Gasteiger partial charge in [0.25, 0.3) is 0 Å². The molecule has 2 aliphatic rings. The summed E-state index contributed by atoms with van der Waals surface area (Å²) in [6, 6.07) is 5.54. The highest BCUT2D eigenvalue weighted by atomic mass is 19.1. The lowest BCUT2D eigenvalue weighted by molar-refractivity contribution is -0.137. The van der Waals surface area contributed by atoms with Crippen LogP contribution in [0.3, 0.4) is 0 Å². The predicted molar refractivity (Wildman–Crippen MR) is 108 cm³/mol. The topological polar surface area (TPSA) is 46.5 Å². The molecule has 0 spiro atoms. The van der Waals surface area contributed by atoms with Crippen LogP contribution in [-0.4, -0.2) is 48.2 Å². The Bertz CT molecular complexity index is 825. The molecule has 1 aromatic heterocycles. The summed E-state index contributed by atoms with van der Waals surface area (Å²) in [6.45, 7) is 3.70. The number of fused-ring (bicyclic) bond motifs is 1. The van der Waals surface area contributed by atoms with Crippen LogP contribution in [-0.2, 0) is 22.6 Å². The number of ether oxygens (including phenoxy) is 1. The van der Waals surface area contributed by atoms with E-state index in [2.05, 4.69) is 9.88 Å². The minimum atomic E-state index is -0.208. The van der Waals surface area contributed by atoms with Gasteiger partial charge in [0.2, 0.25) is 5.91 Å². The molecule has 6 heteroatoms. The Morgan fingerprint density at radius 3 is 2.93 bits per heavy atom. The highest BCUT2D eigenvalue weighted by Gasteiger charge is 2.36. The molecule has 1 saturated heterocycles. The van der Waals surface area contributed by atoms with Gasteiger partial charge in [0, 0.05) is 51.0 Å². The molecule has 0 radical (unpaired) electrons. The maximum atomic E-state index is 14.7. The van der Waals surface area contributed by atoms with Gasteiger partial charge in [0.05, 0.1) is 11.4 Å². The lowest BCUT2D eigenvalue weighted by Gasteiger charge is -2.29. The highest BCUT2D eigenvalue weighted by Crippen LogP contribution is 2.33. The number of aromatic nitrogens is 1. The van der Waals surface area contributed by atoms with Crippen molar-refractivity contribution in [1.82, 2.24) is 14.8 Å². The van der Waals surface area contributed by atoms with Crippen LogP contribution in [0, 0.1) is 11.7 Å². The summed E-state index contributed by atoms with van der Waals surface area (Å²) in [5.74, 6) is 0.0705. The van der Waals surface area contributed by atoms with Gasteiger partial charge in [0.15, 0.2) is 0 Å². The first-order valence-electron chi connectivity index (χ1n) is 10.5. The molecule has 1 atom stereocenters. The molecule has 1 amide bonds. The van der Waals surface area contributed by atoms with Gasteiger partial charge < -0.3 is 19.5 Å². The Morgan fingerprint density at radius 1 is 1.36 bits per heavy atom. The van der Waals surface area contributed by atoms with Gasteiger partial charge in [-0.3, -0.25) is 4.79 Å². The summed E-state index contributed by atoms with van der Waals surface area (Å²) >= 11 is 0. The summed E-state index contributed by atoms with van der Waals surface area (Å²) < 4.78 is 22.0. The van der Waals surface area contributed by atoms with Crippen molar-refractivity contribution >= 4 is 16.8 Å². The zero-order chi connectivity index (χ0) is 19.5. The number of carbonyl (C=O) groups is 1. The molecule has 152 valence electrons. The summed E-state index contributed by atoms with van der Waals surface area (Å²) in [6.07, 6.45) is 7.01. The molecule has 28 heavy (non-hydrogen) atoms. The first kappa shape index (κ1) is 19.4. The van der Waals surface area contributed by atoms with Crippen LogP contribution in [0.5, 0.6) is 0 Å². The van der Waals surface area contributed by atoms with Crippen molar-refractivity contribution in [3.05, 3.63) is 35.8 Å². The van der Waals surface area contributed by atoms with Crippen molar-refractivity contribution in [3.8, 4) is 0 Å². The van der Waals surface area contributed by atoms with Gasteiger partial charge in [-0.15, -0.1) is 0 Å². The highest BCUT2D eigenvalue weighted by molar-refractivity contribution is 5.86. The van der Waals surface area contributed by atoms with E-state index in [0.29, 0.717) is 24.6 Å². The Labute approximate surface area is 165 Å². The smallest absolute Gasteiger partial charge is 0.227 e. The quantitative estimate of drug-likeness (QED) is 0.707. The molecule has 0 unspecified atom stereocenters. The zero-order valence-corrected chi connectivity index (χ0v) is 16.6. The van der Waals surface area contributed by atoms with Crippen LogP contribution in [0.25, 0.3) is 10.9 Å². The third kappa shape index (κ3) is 4.08. The number of amides is 1. The number of hydrogen-bond donors (Lipinski definition) is 1. The molecule has 1 saturated carbocycles. The van der Waals surface area contributed by atoms with Crippen LogP contribution in [0.15, 0.2) is 24.4 Å². The SMILES string of the molecule is COCCCn1cc(CN(C(=O)[C@@H]2CCCNC2)C2CC2)c2c(F)cccc21. The van der Waals surface area contributed by atoms with Crippen molar-refractivity contribution < 1.29 is 13.9 Å². The number of halogens is 1. The van der Waals surface area contributed by atoms with E-state index < -0.39 is 0 Å². The molecular weight excluding hydrogens is 357 g/mol. The second kappa shape index (κ2) is 8.62. The molecule has 1 N–H and O–H groups in total. The van der Waals surface area contributed by atoms with E-state index in [1.807, 2.05) is 17.2 Å². The van der Waals surface area contributed by atoms with Crippen molar-refractivity contribution in [2.24, 2.45) is 5.92 Å². The van der Waals surface area contributed by atoms with Gasteiger partial charge in [-0.05, 0) is 56.3 Å². The molecular formula is C22H30FN3O2. The van der Waals surface area contributed by atoms with Crippen LogP contribution >= 0.6 is 0 Å². The number of methoxy groups -OCH3 is 1. The molecule has 2 fully saturated rings. The number of hydrogen-bond acceptors (Lipinski definition) is 3. The lowest BCUT2D eigenvalue weighted by atomic mass is 9.97. The van der Waals surface area contributed by atoms with Crippen molar-refractivity contribution in [3.63, 3.8) is 0 Å². The predicted octanol–water partition coefficient (Wildman–Crippen LogP) is 3.31. The number of nitrogens with zero attached hydrogens (tertiary/aromatic N) is 2.